The van der Waals surface area contributed by atoms with Crippen molar-refractivity contribution in [3.05, 3.63) is 0 Å². The first-order valence-electron chi connectivity index (χ1n) is 6.22. The van der Waals surface area contributed by atoms with E-state index in [0.29, 0.717) is 0 Å². The Morgan fingerprint density at radius 1 is 1.19 bits per heavy atom. The van der Waals surface area contributed by atoms with E-state index in [1.807, 2.05) is 13.8 Å². The molecule has 0 N–H and O–H groups in total. The van der Waals surface area contributed by atoms with E-state index in [9.17, 15) is 27.6 Å². The second-order valence-corrected chi connectivity index (χ2v) is 4.56. The summed E-state index contributed by atoms with van der Waals surface area (Å²) in [6.45, 7) is 3.61. The number of alkyl halides is 3. The molecule has 0 saturated carbocycles. The number of halogens is 3. The van der Waals surface area contributed by atoms with Crippen molar-refractivity contribution in [1.82, 2.24) is 4.90 Å². The monoisotopic (exact) mass is 307 g/mol. The summed E-state index contributed by atoms with van der Waals surface area (Å²) in [4.78, 5) is 37.5. The lowest BCUT2D eigenvalue weighted by molar-refractivity contribution is -0.186. The molecule has 0 atom stereocenters. The predicted octanol–water partition coefficient (Wildman–Crippen LogP) is 1.61. The van der Waals surface area contributed by atoms with Crippen LogP contribution in [0.4, 0.5) is 13.2 Å². The van der Waals surface area contributed by atoms with E-state index in [4.69, 9.17) is 0 Å². The Labute approximate surface area is 119 Å². The number of aliphatic imine (C=N–C) groups is 2. The quantitative estimate of drug-likeness (QED) is 0.574. The smallest absolute Gasteiger partial charge is 0.335 e. The molecule has 9 heteroatoms. The Kier molecular flexibility index (Phi) is 8.19. The number of hydrogen-bond donors (Lipinski definition) is 0. The highest BCUT2D eigenvalue weighted by atomic mass is 19.4. The van der Waals surface area contributed by atoms with Crippen LogP contribution < -0.4 is 0 Å². The molecule has 1 rings (SSSR count). The van der Waals surface area contributed by atoms with Gasteiger partial charge in [-0.2, -0.15) is 13.2 Å². The van der Waals surface area contributed by atoms with E-state index >= 15 is 0 Å². The summed E-state index contributed by atoms with van der Waals surface area (Å²) in [6, 6.07) is -0.206. The third kappa shape index (κ3) is 8.02. The zero-order valence-electron chi connectivity index (χ0n) is 11.7. The Hall–Kier alpha value is -1.98. The van der Waals surface area contributed by atoms with Crippen LogP contribution in [0, 0.1) is 0 Å². The van der Waals surface area contributed by atoms with E-state index in [2.05, 4.69) is 9.98 Å². The van der Waals surface area contributed by atoms with Crippen molar-refractivity contribution in [3.63, 3.8) is 0 Å². The molecule has 118 valence electrons. The number of carbonyl (C=O) groups excluding carboxylic acids is 3. The molecule has 1 aliphatic heterocycles. The molecule has 0 bridgehead atoms. The topological polar surface area (TPSA) is 79.2 Å². The number of hydrogen-bond acceptors (Lipinski definition) is 5. The molecule has 0 aromatic rings. The second-order valence-electron chi connectivity index (χ2n) is 4.56. The molecule has 0 aliphatic carbocycles. The van der Waals surface area contributed by atoms with Crippen molar-refractivity contribution < 1.29 is 27.6 Å². The normalized spacial score (nSPS) is 15.4. The molecule has 1 heterocycles. The number of piperidine rings is 1. The summed E-state index contributed by atoms with van der Waals surface area (Å²) in [7, 11) is 0. The molecule has 0 radical (unpaired) electrons. The molecular formula is C12H16F3N3O3. The van der Waals surface area contributed by atoms with Crippen LogP contribution in [-0.2, 0) is 14.4 Å². The maximum Gasteiger partial charge on any atom is 0.471 e. The van der Waals surface area contributed by atoms with Crippen LogP contribution in [0.3, 0.4) is 0 Å². The first kappa shape index (κ1) is 19.0. The van der Waals surface area contributed by atoms with Gasteiger partial charge in [0.25, 0.3) is 0 Å². The van der Waals surface area contributed by atoms with E-state index in [-0.39, 0.29) is 38.0 Å². The number of amides is 1. The van der Waals surface area contributed by atoms with Gasteiger partial charge < -0.3 is 4.90 Å². The average Bonchev–Trinajstić information content (AvgIpc) is 2.38. The van der Waals surface area contributed by atoms with Crippen LogP contribution >= 0.6 is 0 Å². The van der Waals surface area contributed by atoms with Gasteiger partial charge in [-0.15, -0.1) is 0 Å². The number of likely N-dealkylation sites (tertiary alicyclic amines) is 1. The average molecular weight is 307 g/mol. The molecular weight excluding hydrogens is 291 g/mol. The minimum atomic E-state index is -4.82. The Morgan fingerprint density at radius 2 is 1.71 bits per heavy atom. The fourth-order valence-corrected chi connectivity index (χ4v) is 1.56. The number of isocyanates is 2. The van der Waals surface area contributed by atoms with Crippen LogP contribution in [0.2, 0.25) is 0 Å². The lowest BCUT2D eigenvalue weighted by Gasteiger charge is -2.29. The highest BCUT2D eigenvalue weighted by Crippen LogP contribution is 2.22. The molecule has 21 heavy (non-hydrogen) atoms. The van der Waals surface area contributed by atoms with Gasteiger partial charge in [0.05, 0.1) is 12.1 Å². The summed E-state index contributed by atoms with van der Waals surface area (Å²) >= 11 is 0. The van der Waals surface area contributed by atoms with Crippen LogP contribution in [0.15, 0.2) is 9.98 Å². The van der Waals surface area contributed by atoms with Gasteiger partial charge >= 0.3 is 12.1 Å². The molecule has 0 unspecified atom stereocenters. The van der Waals surface area contributed by atoms with Crippen LogP contribution in [0.5, 0.6) is 0 Å². The van der Waals surface area contributed by atoms with Crippen molar-refractivity contribution in [1.29, 1.82) is 0 Å². The molecule has 0 aromatic carbocycles. The van der Waals surface area contributed by atoms with Gasteiger partial charge in [-0.25, -0.2) is 19.6 Å². The predicted molar refractivity (Wildman–Crippen MR) is 67.0 cm³/mol. The summed E-state index contributed by atoms with van der Waals surface area (Å²) in [5.41, 5.74) is 0. The highest BCUT2D eigenvalue weighted by molar-refractivity contribution is 5.81. The fraction of sp³-hybridized carbons (Fsp3) is 0.750. The third-order valence-electron chi connectivity index (χ3n) is 2.54. The molecule has 6 nitrogen and oxygen atoms in total. The lowest BCUT2D eigenvalue weighted by atomic mass is 10.1. The van der Waals surface area contributed by atoms with Crippen molar-refractivity contribution in [2.45, 2.75) is 44.9 Å². The summed E-state index contributed by atoms with van der Waals surface area (Å²) < 4.78 is 36.0. The van der Waals surface area contributed by atoms with Crippen molar-refractivity contribution in [2.24, 2.45) is 9.98 Å². The number of nitrogens with zero attached hydrogens (tertiary/aromatic N) is 3. The van der Waals surface area contributed by atoms with Gasteiger partial charge in [0, 0.05) is 13.1 Å². The molecule has 1 fully saturated rings. The molecule has 1 amide bonds. The Bertz CT molecular complexity index is 431. The molecule has 1 saturated heterocycles. The van der Waals surface area contributed by atoms with Crippen molar-refractivity contribution >= 4 is 18.1 Å². The van der Waals surface area contributed by atoms with Crippen LogP contribution in [0.25, 0.3) is 0 Å². The summed E-state index contributed by atoms with van der Waals surface area (Å²) in [6.07, 6.45) is -1.47. The molecule has 0 aromatic heterocycles. The summed E-state index contributed by atoms with van der Waals surface area (Å²) in [5.74, 6) is -1.82. The summed E-state index contributed by atoms with van der Waals surface area (Å²) in [5, 5.41) is 0. The van der Waals surface area contributed by atoms with Crippen LogP contribution in [-0.4, -0.2) is 54.3 Å². The van der Waals surface area contributed by atoms with Gasteiger partial charge in [0.15, 0.2) is 0 Å². The van der Waals surface area contributed by atoms with E-state index < -0.39 is 12.1 Å². The zero-order valence-corrected chi connectivity index (χ0v) is 11.7. The Balaban J connectivity index is 0.000000567. The third-order valence-corrected chi connectivity index (χ3v) is 2.54. The minimum Gasteiger partial charge on any atom is -0.335 e. The van der Waals surface area contributed by atoms with Crippen molar-refractivity contribution in [3.8, 4) is 0 Å². The lowest BCUT2D eigenvalue weighted by Crippen LogP contribution is -2.46. The van der Waals surface area contributed by atoms with Gasteiger partial charge in [0.2, 0.25) is 12.2 Å². The first-order valence-corrected chi connectivity index (χ1v) is 6.22. The zero-order chi connectivity index (χ0) is 16.5. The van der Waals surface area contributed by atoms with E-state index in [1.54, 1.807) is 0 Å². The van der Waals surface area contributed by atoms with Gasteiger partial charge in [-0.05, 0) is 26.7 Å². The molecule has 1 aliphatic rings. The van der Waals surface area contributed by atoms with Crippen molar-refractivity contribution in [2.75, 3.05) is 13.1 Å². The SMILES string of the molecule is CC(C)N=C=O.O=C=NC1CCN(C(=O)C(F)(F)F)CC1. The number of carbonyl (C=O) groups is 1. The maximum atomic E-state index is 12.0. The number of rotatable bonds is 2. The fourth-order valence-electron chi connectivity index (χ4n) is 1.56. The largest absolute Gasteiger partial charge is 0.471 e. The van der Waals surface area contributed by atoms with Gasteiger partial charge in [-0.3, -0.25) is 4.79 Å². The molecule has 0 spiro atoms. The first-order chi connectivity index (χ1) is 9.72. The van der Waals surface area contributed by atoms with Crippen LogP contribution in [0.1, 0.15) is 26.7 Å². The maximum absolute atomic E-state index is 12.0. The minimum absolute atomic E-state index is 0.0197. The standard InChI is InChI=1S/C8H9F3N2O2.C4H7NO/c9-8(10,11)7(15)13-3-1-6(2-4-13)12-5-14;1-4(2)5-3-6/h6H,1-4H2;4H,1-2H3. The van der Waals surface area contributed by atoms with Gasteiger partial charge in [-0.1, -0.05) is 0 Å². The van der Waals surface area contributed by atoms with E-state index in [0.717, 1.165) is 4.90 Å². The Morgan fingerprint density at radius 3 is 2.00 bits per heavy atom. The van der Waals surface area contributed by atoms with E-state index in [1.165, 1.54) is 12.2 Å². The highest BCUT2D eigenvalue weighted by Gasteiger charge is 2.43. The second kappa shape index (κ2) is 9.05. The van der Waals surface area contributed by atoms with Gasteiger partial charge in [0.1, 0.15) is 0 Å².